The van der Waals surface area contributed by atoms with Crippen LogP contribution in [0.2, 0.25) is 0 Å². The number of benzene rings is 1. The van der Waals surface area contributed by atoms with Crippen molar-refractivity contribution >= 4 is 16.3 Å². The highest BCUT2D eigenvalue weighted by Crippen LogP contribution is 2.21. The summed E-state index contributed by atoms with van der Waals surface area (Å²) in [5, 5.41) is 13.8. The fraction of sp³-hybridized carbons (Fsp3) is 0.389. The maximum atomic E-state index is 10.3. The number of hydrogen-bond acceptors (Lipinski definition) is 4. The van der Waals surface area contributed by atoms with Gasteiger partial charge in [0.25, 0.3) is 0 Å². The Hall–Kier alpha value is -1.69. The van der Waals surface area contributed by atoms with E-state index in [0.717, 1.165) is 22.8 Å². The Morgan fingerprint density at radius 3 is 2.74 bits per heavy atom. The fourth-order valence-corrected chi connectivity index (χ4v) is 3.71. The third-order valence-electron chi connectivity index (χ3n) is 4.12. The molecule has 4 nitrogen and oxygen atoms in total. The highest BCUT2D eigenvalue weighted by atomic mass is 32.1. The Morgan fingerprint density at radius 2 is 2.00 bits per heavy atom. The molecule has 2 N–H and O–H groups in total. The summed E-state index contributed by atoms with van der Waals surface area (Å²) in [6.07, 6.45) is 2.39. The summed E-state index contributed by atoms with van der Waals surface area (Å²) in [7, 11) is 0. The molecule has 2 unspecified atom stereocenters. The highest BCUT2D eigenvalue weighted by Gasteiger charge is 2.15. The molecule has 0 bridgehead atoms. The normalized spacial score (nSPS) is 14.3. The predicted molar refractivity (Wildman–Crippen MR) is 94.9 cm³/mol. The average Bonchev–Trinajstić information content (AvgIpc) is 3.01. The zero-order chi connectivity index (χ0) is 16.4. The predicted octanol–water partition coefficient (Wildman–Crippen LogP) is 3.61. The van der Waals surface area contributed by atoms with Crippen molar-refractivity contribution in [2.24, 2.45) is 0 Å². The van der Waals surface area contributed by atoms with E-state index < -0.39 is 6.10 Å². The molecule has 0 aliphatic carbocycles. The second kappa shape index (κ2) is 6.83. The van der Waals surface area contributed by atoms with Gasteiger partial charge in [-0.25, -0.2) is 4.98 Å². The minimum atomic E-state index is -0.436. The Morgan fingerprint density at radius 1 is 1.26 bits per heavy atom. The van der Waals surface area contributed by atoms with E-state index >= 15 is 0 Å². The summed E-state index contributed by atoms with van der Waals surface area (Å²) < 4.78 is 2.17. The number of imidazole rings is 1. The number of aliphatic hydroxyl groups excluding tert-OH is 1. The topological polar surface area (TPSA) is 49.6 Å². The zero-order valence-electron chi connectivity index (χ0n) is 13.8. The van der Waals surface area contributed by atoms with E-state index in [1.807, 2.05) is 30.3 Å². The molecule has 0 saturated heterocycles. The van der Waals surface area contributed by atoms with Crippen molar-refractivity contribution < 1.29 is 5.11 Å². The van der Waals surface area contributed by atoms with Crippen LogP contribution in [-0.2, 0) is 6.54 Å². The molecule has 3 rings (SSSR count). The number of nitrogens with zero attached hydrogens (tertiary/aromatic N) is 2. The van der Waals surface area contributed by atoms with E-state index in [1.54, 1.807) is 11.3 Å². The van der Waals surface area contributed by atoms with Gasteiger partial charge in [-0.2, -0.15) is 0 Å². The molecule has 0 spiro atoms. The number of aryl methyl sites for hydroxylation is 2. The van der Waals surface area contributed by atoms with Crippen LogP contribution in [-0.4, -0.2) is 20.5 Å². The second-order valence-electron chi connectivity index (χ2n) is 6.08. The van der Waals surface area contributed by atoms with Crippen LogP contribution in [0.25, 0.3) is 4.96 Å². The van der Waals surface area contributed by atoms with Crippen LogP contribution < -0.4 is 5.32 Å². The number of aromatic nitrogens is 2. The Balaban J connectivity index is 1.62. The Bertz CT molecular complexity index is 778. The summed E-state index contributed by atoms with van der Waals surface area (Å²) in [4.78, 5) is 6.93. The minimum Gasteiger partial charge on any atom is -0.388 e. The van der Waals surface area contributed by atoms with Crippen molar-refractivity contribution in [1.29, 1.82) is 0 Å². The maximum absolute atomic E-state index is 10.3. The van der Waals surface area contributed by atoms with Gasteiger partial charge < -0.3 is 10.4 Å². The lowest BCUT2D eigenvalue weighted by molar-refractivity contribution is 0.153. The minimum absolute atomic E-state index is 0.217. The van der Waals surface area contributed by atoms with Crippen molar-refractivity contribution in [1.82, 2.24) is 14.7 Å². The number of thiazole rings is 1. The molecule has 3 aromatic rings. The summed E-state index contributed by atoms with van der Waals surface area (Å²) in [6.45, 7) is 7.02. The molecule has 122 valence electrons. The van der Waals surface area contributed by atoms with Gasteiger partial charge in [0.15, 0.2) is 4.96 Å². The van der Waals surface area contributed by atoms with Gasteiger partial charge in [0.05, 0.1) is 17.5 Å². The molecule has 1 aromatic carbocycles. The van der Waals surface area contributed by atoms with E-state index in [2.05, 4.69) is 41.7 Å². The van der Waals surface area contributed by atoms with Crippen LogP contribution in [0.3, 0.4) is 0 Å². The van der Waals surface area contributed by atoms with E-state index in [1.165, 1.54) is 10.6 Å². The van der Waals surface area contributed by atoms with Gasteiger partial charge in [-0.15, -0.1) is 11.3 Å². The molecule has 0 fully saturated rings. The lowest BCUT2D eigenvalue weighted by Crippen LogP contribution is -2.28. The van der Waals surface area contributed by atoms with Gasteiger partial charge in [0.2, 0.25) is 0 Å². The van der Waals surface area contributed by atoms with E-state index in [4.69, 9.17) is 0 Å². The summed E-state index contributed by atoms with van der Waals surface area (Å²) in [6, 6.07) is 10.0. The molecule has 0 aliphatic heterocycles. The lowest BCUT2D eigenvalue weighted by Gasteiger charge is -2.18. The summed E-state index contributed by atoms with van der Waals surface area (Å²) >= 11 is 1.71. The standard InChI is InChI=1S/C18H23N3OS/c1-12(9-17(22)15-7-5-4-6-8-15)19-10-16-14(3)20-18-21(16)11-13(2)23-18/h4-8,11-12,17,19,22H,9-10H2,1-3H3. The molecule has 2 aromatic heterocycles. The molecular weight excluding hydrogens is 306 g/mol. The number of fused-ring (bicyclic) bond motifs is 1. The summed E-state index contributed by atoms with van der Waals surface area (Å²) in [5.74, 6) is 0. The van der Waals surface area contributed by atoms with Crippen LogP contribution in [0, 0.1) is 13.8 Å². The second-order valence-corrected chi connectivity index (χ2v) is 7.30. The lowest BCUT2D eigenvalue weighted by atomic mass is 10.0. The molecule has 23 heavy (non-hydrogen) atoms. The van der Waals surface area contributed by atoms with Crippen molar-refractivity contribution in [2.75, 3.05) is 0 Å². The van der Waals surface area contributed by atoms with Crippen molar-refractivity contribution in [3.8, 4) is 0 Å². The first-order chi connectivity index (χ1) is 11.0. The Labute approximate surface area is 140 Å². The highest BCUT2D eigenvalue weighted by molar-refractivity contribution is 7.17. The van der Waals surface area contributed by atoms with Gasteiger partial charge in [-0.05, 0) is 32.8 Å². The van der Waals surface area contributed by atoms with Crippen molar-refractivity contribution in [3.05, 3.63) is 58.4 Å². The average molecular weight is 329 g/mol. The molecule has 2 atom stereocenters. The SMILES string of the molecule is Cc1cn2c(CNC(C)CC(O)c3ccccc3)c(C)nc2s1. The molecular formula is C18H23N3OS. The van der Waals surface area contributed by atoms with Gasteiger partial charge in [0, 0.05) is 23.7 Å². The maximum Gasteiger partial charge on any atom is 0.194 e. The van der Waals surface area contributed by atoms with Crippen LogP contribution in [0.1, 0.15) is 41.3 Å². The quantitative estimate of drug-likeness (QED) is 0.726. The largest absolute Gasteiger partial charge is 0.388 e. The van der Waals surface area contributed by atoms with E-state index in [9.17, 15) is 5.11 Å². The van der Waals surface area contributed by atoms with E-state index in [0.29, 0.717) is 6.42 Å². The molecule has 0 saturated carbocycles. The number of nitrogens with one attached hydrogen (secondary N) is 1. The first kappa shape index (κ1) is 16.2. The molecule has 0 radical (unpaired) electrons. The first-order valence-corrected chi connectivity index (χ1v) is 8.76. The first-order valence-electron chi connectivity index (χ1n) is 7.95. The van der Waals surface area contributed by atoms with Crippen LogP contribution in [0.15, 0.2) is 36.5 Å². The van der Waals surface area contributed by atoms with Crippen LogP contribution in [0.5, 0.6) is 0 Å². The molecule has 0 amide bonds. The fourth-order valence-electron chi connectivity index (χ4n) is 2.82. The van der Waals surface area contributed by atoms with Crippen LogP contribution in [0.4, 0.5) is 0 Å². The van der Waals surface area contributed by atoms with Crippen LogP contribution >= 0.6 is 11.3 Å². The third-order valence-corrected chi connectivity index (χ3v) is 5.02. The monoisotopic (exact) mass is 329 g/mol. The van der Waals surface area contributed by atoms with Crippen molar-refractivity contribution in [2.45, 2.75) is 45.9 Å². The van der Waals surface area contributed by atoms with Crippen molar-refractivity contribution in [3.63, 3.8) is 0 Å². The van der Waals surface area contributed by atoms with Gasteiger partial charge in [0.1, 0.15) is 0 Å². The number of rotatable bonds is 6. The molecule has 5 heteroatoms. The summed E-state index contributed by atoms with van der Waals surface area (Å²) in [5.41, 5.74) is 3.24. The van der Waals surface area contributed by atoms with Gasteiger partial charge in [-0.1, -0.05) is 30.3 Å². The number of hydrogen-bond donors (Lipinski definition) is 2. The zero-order valence-corrected chi connectivity index (χ0v) is 14.6. The van der Waals surface area contributed by atoms with E-state index in [-0.39, 0.29) is 6.04 Å². The Kier molecular flexibility index (Phi) is 4.80. The third kappa shape index (κ3) is 3.63. The number of aliphatic hydroxyl groups is 1. The molecule has 2 heterocycles. The van der Waals surface area contributed by atoms with Gasteiger partial charge in [-0.3, -0.25) is 4.40 Å². The van der Waals surface area contributed by atoms with Gasteiger partial charge >= 0.3 is 0 Å². The molecule has 0 aliphatic rings. The smallest absolute Gasteiger partial charge is 0.194 e.